The van der Waals surface area contributed by atoms with Crippen molar-refractivity contribution in [2.45, 2.75) is 31.0 Å². The molecule has 2 amide bonds. The Bertz CT molecular complexity index is 751. The molecule has 0 unspecified atom stereocenters. The SMILES string of the molecule is C[C@@H]1CN(C(=O)CN2C(=O)c3ccccc3S2(=O)=O)C[C@@H](C)O1. The van der Waals surface area contributed by atoms with Gasteiger partial charge in [0.25, 0.3) is 15.9 Å². The molecule has 23 heavy (non-hydrogen) atoms. The highest BCUT2D eigenvalue weighted by molar-refractivity contribution is 7.90. The second kappa shape index (κ2) is 5.61. The Morgan fingerprint density at radius 1 is 1.22 bits per heavy atom. The Morgan fingerprint density at radius 3 is 2.43 bits per heavy atom. The lowest BCUT2D eigenvalue weighted by atomic mass is 10.2. The van der Waals surface area contributed by atoms with Crippen LogP contribution in [-0.2, 0) is 19.6 Å². The highest BCUT2D eigenvalue weighted by Crippen LogP contribution is 2.29. The lowest BCUT2D eigenvalue weighted by molar-refractivity contribution is -0.143. The molecule has 0 aromatic heterocycles. The minimum absolute atomic E-state index is 0.0403. The van der Waals surface area contributed by atoms with Gasteiger partial charge in [0, 0.05) is 13.1 Å². The molecule has 0 radical (unpaired) electrons. The molecule has 0 spiro atoms. The lowest BCUT2D eigenvalue weighted by Gasteiger charge is -2.35. The summed E-state index contributed by atoms with van der Waals surface area (Å²) < 4.78 is 31.1. The van der Waals surface area contributed by atoms with Crippen LogP contribution in [-0.4, -0.2) is 61.3 Å². The predicted octanol–water partition coefficient (Wildman–Crippen LogP) is 0.467. The number of carbonyl (C=O) groups is 2. The zero-order valence-electron chi connectivity index (χ0n) is 12.9. The van der Waals surface area contributed by atoms with E-state index in [1.807, 2.05) is 13.8 Å². The number of sulfonamides is 1. The second-order valence-corrected chi connectivity index (χ2v) is 7.70. The molecule has 1 aromatic carbocycles. The molecule has 2 aliphatic rings. The fourth-order valence-corrected chi connectivity index (χ4v) is 4.51. The minimum Gasteiger partial charge on any atom is -0.372 e. The molecular weight excluding hydrogens is 320 g/mol. The van der Waals surface area contributed by atoms with Crippen LogP contribution in [0.15, 0.2) is 29.2 Å². The number of hydrogen-bond acceptors (Lipinski definition) is 5. The van der Waals surface area contributed by atoms with Gasteiger partial charge in [-0.1, -0.05) is 12.1 Å². The van der Waals surface area contributed by atoms with Crippen LogP contribution in [0.1, 0.15) is 24.2 Å². The van der Waals surface area contributed by atoms with E-state index >= 15 is 0 Å². The van der Waals surface area contributed by atoms with E-state index in [4.69, 9.17) is 4.74 Å². The number of amides is 2. The van der Waals surface area contributed by atoms with Gasteiger partial charge in [-0.2, -0.15) is 0 Å². The molecule has 0 aliphatic carbocycles. The van der Waals surface area contributed by atoms with Crippen LogP contribution >= 0.6 is 0 Å². The molecule has 2 atom stereocenters. The maximum absolute atomic E-state index is 12.5. The largest absolute Gasteiger partial charge is 0.372 e. The van der Waals surface area contributed by atoms with Gasteiger partial charge < -0.3 is 9.64 Å². The average Bonchev–Trinajstić information content (AvgIpc) is 2.68. The molecule has 2 aliphatic heterocycles. The van der Waals surface area contributed by atoms with Gasteiger partial charge in [0.1, 0.15) is 11.4 Å². The molecule has 8 heteroatoms. The average molecular weight is 338 g/mol. The van der Waals surface area contributed by atoms with Crippen LogP contribution < -0.4 is 0 Å². The standard InChI is InChI=1S/C15H18N2O5S/c1-10-7-16(8-11(2)22-10)14(18)9-17-15(19)12-5-3-4-6-13(12)23(17,20)21/h3-6,10-11H,7-9H2,1-2H3/t10-,11-/m1/s1. The third-order valence-corrected chi connectivity index (χ3v) is 5.75. The van der Waals surface area contributed by atoms with Crippen LogP contribution in [0, 0.1) is 0 Å². The van der Waals surface area contributed by atoms with E-state index in [-0.39, 0.29) is 22.7 Å². The zero-order valence-corrected chi connectivity index (χ0v) is 13.7. The van der Waals surface area contributed by atoms with E-state index in [1.165, 1.54) is 12.1 Å². The Labute approximate surface area is 134 Å². The van der Waals surface area contributed by atoms with Crippen LogP contribution in [0.3, 0.4) is 0 Å². The molecule has 0 N–H and O–H groups in total. The van der Waals surface area contributed by atoms with Crippen LogP contribution in [0.5, 0.6) is 0 Å². The van der Waals surface area contributed by atoms with Crippen LogP contribution in [0.2, 0.25) is 0 Å². The Kier molecular flexibility index (Phi) is 3.89. The summed E-state index contributed by atoms with van der Waals surface area (Å²) in [4.78, 5) is 26.3. The Hall–Kier alpha value is -1.93. The molecule has 1 aromatic rings. The normalized spacial score (nSPS) is 26.3. The van der Waals surface area contributed by atoms with E-state index in [2.05, 4.69) is 0 Å². The first-order valence-electron chi connectivity index (χ1n) is 7.40. The van der Waals surface area contributed by atoms with Crippen molar-refractivity contribution >= 4 is 21.8 Å². The second-order valence-electron chi connectivity index (χ2n) is 5.87. The summed E-state index contributed by atoms with van der Waals surface area (Å²) in [5.74, 6) is -1.04. The molecule has 0 bridgehead atoms. The third-order valence-electron chi connectivity index (χ3n) is 3.96. The van der Waals surface area contributed by atoms with Gasteiger partial charge in [0.15, 0.2) is 0 Å². The van der Waals surface area contributed by atoms with Gasteiger partial charge in [0.2, 0.25) is 5.91 Å². The summed E-state index contributed by atoms with van der Waals surface area (Å²) >= 11 is 0. The molecule has 1 fully saturated rings. The topological polar surface area (TPSA) is 84.0 Å². The smallest absolute Gasteiger partial charge is 0.269 e. The number of benzene rings is 1. The van der Waals surface area contributed by atoms with Crippen LogP contribution in [0.25, 0.3) is 0 Å². The first-order chi connectivity index (χ1) is 10.8. The summed E-state index contributed by atoms with van der Waals surface area (Å²) in [6.45, 7) is 4.00. The monoisotopic (exact) mass is 338 g/mol. The summed E-state index contributed by atoms with van der Waals surface area (Å²) in [5.41, 5.74) is 0.115. The van der Waals surface area contributed by atoms with Crippen molar-refractivity contribution < 1.29 is 22.7 Å². The first kappa shape index (κ1) is 15.9. The van der Waals surface area contributed by atoms with Crippen molar-refractivity contribution in [1.82, 2.24) is 9.21 Å². The zero-order chi connectivity index (χ0) is 16.8. The van der Waals surface area contributed by atoms with Crippen molar-refractivity contribution in [2.75, 3.05) is 19.6 Å². The van der Waals surface area contributed by atoms with Gasteiger partial charge in [-0.3, -0.25) is 9.59 Å². The van der Waals surface area contributed by atoms with Crippen molar-refractivity contribution in [3.8, 4) is 0 Å². The number of nitrogens with zero attached hydrogens (tertiary/aromatic N) is 2. The summed E-state index contributed by atoms with van der Waals surface area (Å²) in [7, 11) is -3.95. The minimum atomic E-state index is -3.95. The molecule has 1 saturated heterocycles. The fourth-order valence-electron chi connectivity index (χ4n) is 2.99. The Morgan fingerprint density at radius 2 is 1.83 bits per heavy atom. The lowest BCUT2D eigenvalue weighted by Crippen LogP contribution is -2.51. The predicted molar refractivity (Wildman–Crippen MR) is 81.3 cm³/mol. The maximum atomic E-state index is 12.5. The highest BCUT2D eigenvalue weighted by atomic mass is 32.2. The highest BCUT2D eigenvalue weighted by Gasteiger charge is 2.42. The summed E-state index contributed by atoms with van der Waals surface area (Å²) in [5, 5.41) is 0. The molecule has 2 heterocycles. The number of hydrogen-bond donors (Lipinski definition) is 0. The molecular formula is C15H18N2O5S. The van der Waals surface area contributed by atoms with Crippen molar-refractivity contribution in [3.05, 3.63) is 29.8 Å². The summed E-state index contributed by atoms with van der Waals surface area (Å²) in [6, 6.07) is 5.99. The number of rotatable bonds is 2. The van der Waals surface area contributed by atoms with Crippen molar-refractivity contribution in [2.24, 2.45) is 0 Å². The third kappa shape index (κ3) is 2.72. The van der Waals surface area contributed by atoms with Gasteiger partial charge in [0.05, 0.1) is 17.8 Å². The number of ether oxygens (including phenoxy) is 1. The maximum Gasteiger partial charge on any atom is 0.269 e. The molecule has 3 rings (SSSR count). The first-order valence-corrected chi connectivity index (χ1v) is 8.84. The van der Waals surface area contributed by atoms with Crippen molar-refractivity contribution in [3.63, 3.8) is 0 Å². The molecule has 124 valence electrons. The van der Waals surface area contributed by atoms with E-state index in [1.54, 1.807) is 17.0 Å². The number of carbonyl (C=O) groups excluding carboxylic acids is 2. The molecule has 7 nitrogen and oxygen atoms in total. The number of morpholine rings is 1. The van der Waals surface area contributed by atoms with E-state index in [0.29, 0.717) is 17.4 Å². The Balaban J connectivity index is 1.81. The molecule has 0 saturated carbocycles. The van der Waals surface area contributed by atoms with Gasteiger partial charge >= 0.3 is 0 Å². The van der Waals surface area contributed by atoms with Crippen molar-refractivity contribution in [1.29, 1.82) is 0 Å². The quantitative estimate of drug-likeness (QED) is 0.782. The summed E-state index contributed by atoms with van der Waals surface area (Å²) in [6.07, 6.45) is -0.239. The van der Waals surface area contributed by atoms with Gasteiger partial charge in [-0.15, -0.1) is 0 Å². The van der Waals surface area contributed by atoms with E-state index < -0.39 is 28.4 Å². The van der Waals surface area contributed by atoms with E-state index in [0.717, 1.165) is 0 Å². The number of fused-ring (bicyclic) bond motifs is 1. The fraction of sp³-hybridized carbons (Fsp3) is 0.467. The van der Waals surface area contributed by atoms with Gasteiger partial charge in [-0.25, -0.2) is 12.7 Å². The van der Waals surface area contributed by atoms with Crippen LogP contribution in [0.4, 0.5) is 0 Å². The van der Waals surface area contributed by atoms with Gasteiger partial charge in [-0.05, 0) is 26.0 Å². The van der Waals surface area contributed by atoms with E-state index in [9.17, 15) is 18.0 Å².